The quantitative estimate of drug-likeness (QED) is 0.637. The van der Waals surface area contributed by atoms with Crippen LogP contribution in [0.3, 0.4) is 0 Å². The van der Waals surface area contributed by atoms with Crippen LogP contribution in [0, 0.1) is 17.3 Å². The molecule has 0 spiro atoms. The van der Waals surface area contributed by atoms with Gasteiger partial charge in [-0.2, -0.15) is 4.98 Å². The number of esters is 1. The van der Waals surface area contributed by atoms with E-state index in [0.29, 0.717) is 18.1 Å². The lowest BCUT2D eigenvalue weighted by Crippen LogP contribution is -2.45. The number of hydrogen-bond donors (Lipinski definition) is 1. The molecule has 1 saturated heterocycles. The van der Waals surface area contributed by atoms with Crippen LogP contribution < -0.4 is 5.32 Å². The lowest BCUT2D eigenvalue weighted by molar-refractivity contribution is -0.162. The molecular weight excluding hydrogens is 410 g/mol. The fourth-order valence-corrected chi connectivity index (χ4v) is 3.76. The molecule has 2 aromatic rings. The highest BCUT2D eigenvalue weighted by Crippen LogP contribution is 2.35. The minimum absolute atomic E-state index is 0.173. The second-order valence-electron chi connectivity index (χ2n) is 10.2. The molecular formula is C24H33N3O5. The smallest absolute Gasteiger partial charge is 0.338 e. The molecule has 1 unspecified atom stereocenters. The summed E-state index contributed by atoms with van der Waals surface area (Å²) in [4.78, 5) is 30.4. The van der Waals surface area contributed by atoms with Crippen LogP contribution in [0.2, 0.25) is 0 Å². The van der Waals surface area contributed by atoms with Crippen molar-refractivity contribution >= 4 is 11.9 Å². The Hall–Kier alpha value is -2.74. The Labute approximate surface area is 189 Å². The van der Waals surface area contributed by atoms with E-state index in [2.05, 4.69) is 15.5 Å². The van der Waals surface area contributed by atoms with Crippen molar-refractivity contribution < 1.29 is 23.6 Å². The van der Waals surface area contributed by atoms with Gasteiger partial charge in [0.2, 0.25) is 23.4 Å². The first-order chi connectivity index (χ1) is 14.9. The third kappa shape index (κ3) is 5.54. The highest BCUT2D eigenvalue weighted by Gasteiger charge is 2.48. The topological polar surface area (TPSA) is 104 Å². The lowest BCUT2D eigenvalue weighted by Gasteiger charge is -2.31. The number of amides is 1. The van der Waals surface area contributed by atoms with Gasteiger partial charge >= 0.3 is 5.97 Å². The lowest BCUT2D eigenvalue weighted by atomic mass is 9.85. The Morgan fingerprint density at radius 3 is 2.38 bits per heavy atom. The Balaban J connectivity index is 1.86. The summed E-state index contributed by atoms with van der Waals surface area (Å²) in [5.41, 5.74) is 0.401. The van der Waals surface area contributed by atoms with E-state index in [1.165, 1.54) is 0 Å². The van der Waals surface area contributed by atoms with Crippen molar-refractivity contribution in [2.75, 3.05) is 0 Å². The molecule has 1 aliphatic rings. The largest absolute Gasteiger partial charge is 0.432 e. The zero-order chi connectivity index (χ0) is 23.7. The van der Waals surface area contributed by atoms with Crippen LogP contribution in [0.15, 0.2) is 34.9 Å². The number of nitrogens with one attached hydrogen (secondary N) is 1. The van der Waals surface area contributed by atoms with Gasteiger partial charge in [-0.1, -0.05) is 70.1 Å². The molecule has 1 aromatic carbocycles. The zero-order valence-electron chi connectivity index (χ0n) is 19.8. The van der Waals surface area contributed by atoms with Crippen LogP contribution in [0.5, 0.6) is 0 Å². The molecule has 0 aliphatic carbocycles. The fraction of sp³-hybridized carbons (Fsp3) is 0.583. The van der Waals surface area contributed by atoms with Crippen LogP contribution >= 0.6 is 0 Å². The molecule has 0 bridgehead atoms. The highest BCUT2D eigenvalue weighted by atomic mass is 16.8. The summed E-state index contributed by atoms with van der Waals surface area (Å²) in [5.74, 6) is -1.66. The molecule has 0 saturated carbocycles. The molecule has 2 heterocycles. The maximum Gasteiger partial charge on any atom is 0.338 e. The number of nitrogens with zero attached hydrogens (tertiary/aromatic N) is 2. The van der Waals surface area contributed by atoms with E-state index >= 15 is 0 Å². The monoisotopic (exact) mass is 443 g/mol. The maximum atomic E-state index is 13.4. The van der Waals surface area contributed by atoms with E-state index in [1.54, 1.807) is 13.8 Å². The van der Waals surface area contributed by atoms with Crippen LogP contribution in [-0.2, 0) is 19.1 Å². The van der Waals surface area contributed by atoms with E-state index in [1.807, 2.05) is 65.0 Å². The summed E-state index contributed by atoms with van der Waals surface area (Å²) in [6.45, 7) is 13.3. The van der Waals surface area contributed by atoms with Crippen molar-refractivity contribution in [2.45, 2.75) is 72.8 Å². The van der Waals surface area contributed by atoms with Crippen LogP contribution in [0.4, 0.5) is 0 Å². The summed E-state index contributed by atoms with van der Waals surface area (Å²) in [6, 6.07) is 8.93. The van der Waals surface area contributed by atoms with Crippen molar-refractivity contribution in [1.82, 2.24) is 15.5 Å². The molecule has 1 N–H and O–H groups in total. The molecule has 32 heavy (non-hydrogen) atoms. The molecule has 1 aliphatic heterocycles. The first-order valence-electron chi connectivity index (χ1n) is 11.0. The van der Waals surface area contributed by atoms with Crippen molar-refractivity contribution in [3.05, 3.63) is 36.2 Å². The number of carbonyl (C=O) groups is 2. The van der Waals surface area contributed by atoms with Crippen molar-refractivity contribution in [3.8, 4) is 11.4 Å². The molecule has 174 valence electrons. The first-order valence-corrected chi connectivity index (χ1v) is 11.0. The van der Waals surface area contributed by atoms with Crippen molar-refractivity contribution in [2.24, 2.45) is 17.3 Å². The fourth-order valence-electron chi connectivity index (χ4n) is 3.76. The Morgan fingerprint density at radius 1 is 1.19 bits per heavy atom. The third-order valence-electron chi connectivity index (χ3n) is 5.29. The van der Waals surface area contributed by atoms with Gasteiger partial charge < -0.3 is 19.3 Å². The number of carbonyl (C=O) groups excluding carboxylic acids is 2. The summed E-state index contributed by atoms with van der Waals surface area (Å²) >= 11 is 0. The predicted molar refractivity (Wildman–Crippen MR) is 118 cm³/mol. The molecule has 0 radical (unpaired) electrons. The van der Waals surface area contributed by atoms with Gasteiger partial charge in [0.05, 0.1) is 5.92 Å². The molecule has 8 heteroatoms. The average molecular weight is 444 g/mol. The Bertz CT molecular complexity index is 946. The zero-order valence-corrected chi connectivity index (χ0v) is 19.8. The highest BCUT2D eigenvalue weighted by molar-refractivity contribution is 5.88. The van der Waals surface area contributed by atoms with Gasteiger partial charge in [0.15, 0.2) is 6.10 Å². The summed E-state index contributed by atoms with van der Waals surface area (Å²) in [5, 5.41) is 7.14. The standard InChI is InChI=1S/C24H33N3O5/c1-14(2)13-16(17-22(29)31-24(6,7)30-17)20(28)25-18(23(3,4)5)21-26-19(27-32-21)15-11-9-8-10-12-15/h8-12,14,16-18H,13H2,1-7H3,(H,25,28)/t16-,17+,18?/m1/s1. The van der Waals surface area contributed by atoms with Gasteiger partial charge in [0.1, 0.15) is 6.04 Å². The minimum atomic E-state index is -1.06. The van der Waals surface area contributed by atoms with Gasteiger partial charge in [0.25, 0.3) is 0 Å². The molecule has 1 aromatic heterocycles. The maximum absolute atomic E-state index is 13.4. The van der Waals surface area contributed by atoms with Gasteiger partial charge in [-0.15, -0.1) is 0 Å². The number of rotatable bonds is 7. The minimum Gasteiger partial charge on any atom is -0.432 e. The van der Waals surface area contributed by atoms with E-state index in [0.717, 1.165) is 5.56 Å². The number of ether oxygens (including phenoxy) is 2. The summed E-state index contributed by atoms with van der Waals surface area (Å²) < 4.78 is 16.6. The van der Waals surface area contributed by atoms with Gasteiger partial charge in [-0.3, -0.25) is 4.79 Å². The van der Waals surface area contributed by atoms with Crippen LogP contribution in [0.1, 0.15) is 66.8 Å². The first kappa shape index (κ1) is 23.9. The molecule has 3 atom stereocenters. The van der Waals surface area contributed by atoms with E-state index in [9.17, 15) is 9.59 Å². The second kappa shape index (κ2) is 9.02. The number of benzene rings is 1. The predicted octanol–water partition coefficient (Wildman–Crippen LogP) is 4.28. The van der Waals surface area contributed by atoms with Crippen molar-refractivity contribution in [3.63, 3.8) is 0 Å². The second-order valence-corrected chi connectivity index (χ2v) is 10.2. The van der Waals surface area contributed by atoms with E-state index in [-0.39, 0.29) is 11.8 Å². The van der Waals surface area contributed by atoms with Crippen LogP contribution in [0.25, 0.3) is 11.4 Å². The number of aromatic nitrogens is 2. The van der Waals surface area contributed by atoms with Crippen LogP contribution in [-0.4, -0.2) is 33.9 Å². The van der Waals surface area contributed by atoms with E-state index < -0.39 is 35.2 Å². The third-order valence-corrected chi connectivity index (χ3v) is 5.29. The summed E-state index contributed by atoms with van der Waals surface area (Å²) in [6.07, 6.45) is -0.493. The van der Waals surface area contributed by atoms with Gasteiger partial charge in [-0.25, -0.2) is 4.79 Å². The number of cyclic esters (lactones) is 1. The van der Waals surface area contributed by atoms with Gasteiger partial charge in [0, 0.05) is 19.4 Å². The van der Waals surface area contributed by atoms with E-state index in [4.69, 9.17) is 14.0 Å². The molecule has 3 rings (SSSR count). The normalized spacial score (nSPS) is 20.1. The molecule has 1 fully saturated rings. The number of hydrogen-bond acceptors (Lipinski definition) is 7. The SMILES string of the molecule is CC(C)C[C@@H](C(=O)NC(c1nc(-c2ccccc2)no1)C(C)(C)C)[C@@H]1OC(C)(C)OC1=O. The summed E-state index contributed by atoms with van der Waals surface area (Å²) in [7, 11) is 0. The Kier molecular flexibility index (Phi) is 6.74. The molecule has 1 amide bonds. The average Bonchev–Trinajstić information content (AvgIpc) is 3.27. The molecule has 8 nitrogen and oxygen atoms in total. The van der Waals surface area contributed by atoms with Gasteiger partial charge in [-0.05, 0) is 17.8 Å². The van der Waals surface area contributed by atoms with Crippen molar-refractivity contribution in [1.29, 1.82) is 0 Å². The Morgan fingerprint density at radius 2 is 1.84 bits per heavy atom.